The van der Waals surface area contributed by atoms with Gasteiger partial charge in [-0.05, 0) is 0 Å². The summed E-state index contributed by atoms with van der Waals surface area (Å²) in [7, 11) is 0. The molecular formula is C19H21F3N4Sn. The molecule has 1 atom stereocenters. The molecule has 0 N–H and O–H groups in total. The maximum absolute atomic E-state index is 14.3. The van der Waals surface area contributed by atoms with Gasteiger partial charge in [0.15, 0.2) is 0 Å². The van der Waals surface area contributed by atoms with Gasteiger partial charge in [-0.15, -0.1) is 0 Å². The SMILES string of the molecule is CC(F)(F)[C@@H](c1ccc(F)cc1)n1cc(-c2cnc[c]([Sn]([CH3])([CH3])[CH3])n2)cn1. The standard InChI is InChI=1S/C16H12F3N4.3CH3.Sn/c1-16(18,19)15(11-2-4-13(17)5-3-11)23-10-12(8-22-23)14-9-20-6-7-21-14;;;;/h2-6,8-10,15H,1H3;3*1H3;/t15-;;;;/m1..../s1. The number of benzene rings is 1. The first kappa shape index (κ1) is 19.8. The Hall–Kier alpha value is -1.90. The first-order valence-corrected chi connectivity index (χ1v) is 18.5. The topological polar surface area (TPSA) is 43.6 Å². The number of halogens is 3. The van der Waals surface area contributed by atoms with Crippen molar-refractivity contribution < 1.29 is 13.2 Å². The van der Waals surface area contributed by atoms with Crippen molar-refractivity contribution in [1.29, 1.82) is 0 Å². The molecule has 8 heteroatoms. The van der Waals surface area contributed by atoms with Crippen molar-refractivity contribution in [3.05, 3.63) is 60.4 Å². The van der Waals surface area contributed by atoms with Gasteiger partial charge in [-0.3, -0.25) is 0 Å². The molecule has 3 aromatic rings. The quantitative estimate of drug-likeness (QED) is 0.512. The Labute approximate surface area is 160 Å². The van der Waals surface area contributed by atoms with Gasteiger partial charge in [0.25, 0.3) is 0 Å². The molecule has 3 rings (SSSR count). The van der Waals surface area contributed by atoms with Crippen molar-refractivity contribution in [2.45, 2.75) is 33.7 Å². The van der Waals surface area contributed by atoms with E-state index in [1.807, 2.05) is 0 Å². The monoisotopic (exact) mass is 482 g/mol. The van der Waals surface area contributed by atoms with Gasteiger partial charge in [0.1, 0.15) is 0 Å². The Morgan fingerprint density at radius 3 is 2.30 bits per heavy atom. The van der Waals surface area contributed by atoms with Gasteiger partial charge in [0.05, 0.1) is 0 Å². The summed E-state index contributed by atoms with van der Waals surface area (Å²) in [5.41, 5.74) is 1.52. The van der Waals surface area contributed by atoms with E-state index in [2.05, 4.69) is 29.9 Å². The fourth-order valence-electron chi connectivity index (χ4n) is 2.80. The van der Waals surface area contributed by atoms with E-state index in [0.29, 0.717) is 11.3 Å². The van der Waals surface area contributed by atoms with Crippen LogP contribution in [-0.4, -0.2) is 44.0 Å². The van der Waals surface area contributed by atoms with Crippen LogP contribution in [-0.2, 0) is 0 Å². The molecule has 0 aliphatic carbocycles. The molecule has 1 aromatic carbocycles. The summed E-state index contributed by atoms with van der Waals surface area (Å²) in [5, 5.41) is 4.14. The van der Waals surface area contributed by atoms with Crippen molar-refractivity contribution in [3.8, 4) is 11.3 Å². The molecule has 4 nitrogen and oxygen atoms in total. The average Bonchev–Trinajstić information content (AvgIpc) is 3.04. The third-order valence-corrected chi connectivity index (χ3v) is 9.30. The van der Waals surface area contributed by atoms with Crippen LogP contribution in [0.25, 0.3) is 11.3 Å². The first-order valence-electron chi connectivity index (χ1n) is 8.56. The normalized spacial score (nSPS) is 13.6. The molecule has 2 aromatic heterocycles. The van der Waals surface area contributed by atoms with E-state index in [-0.39, 0.29) is 5.56 Å². The van der Waals surface area contributed by atoms with Crippen molar-refractivity contribution in [3.63, 3.8) is 0 Å². The predicted octanol–water partition coefficient (Wildman–Crippen LogP) is 4.27. The number of rotatable bonds is 5. The fraction of sp³-hybridized carbons (Fsp3) is 0.316. The van der Waals surface area contributed by atoms with Gasteiger partial charge in [0, 0.05) is 0 Å². The van der Waals surface area contributed by atoms with Crippen LogP contribution in [0.1, 0.15) is 18.5 Å². The molecule has 0 bridgehead atoms. The molecule has 142 valence electrons. The average molecular weight is 481 g/mol. The summed E-state index contributed by atoms with van der Waals surface area (Å²) in [6, 6.07) is 3.71. The Morgan fingerprint density at radius 2 is 1.70 bits per heavy atom. The summed E-state index contributed by atoms with van der Waals surface area (Å²) in [5.74, 6) is -3.56. The van der Waals surface area contributed by atoms with Crippen LogP contribution < -0.4 is 3.71 Å². The van der Waals surface area contributed by atoms with Gasteiger partial charge in [-0.1, -0.05) is 0 Å². The number of hydrogen-bond acceptors (Lipinski definition) is 3. The van der Waals surface area contributed by atoms with Gasteiger partial charge in [-0.25, -0.2) is 0 Å². The van der Waals surface area contributed by atoms with E-state index >= 15 is 0 Å². The van der Waals surface area contributed by atoms with E-state index in [4.69, 9.17) is 0 Å². The van der Waals surface area contributed by atoms with Crippen molar-refractivity contribution >= 4 is 22.1 Å². The van der Waals surface area contributed by atoms with E-state index in [0.717, 1.165) is 10.6 Å². The summed E-state index contributed by atoms with van der Waals surface area (Å²) in [4.78, 5) is 15.6. The molecular weight excluding hydrogens is 460 g/mol. The molecule has 2 heterocycles. The Kier molecular flexibility index (Phi) is 5.33. The van der Waals surface area contributed by atoms with Crippen LogP contribution >= 0.6 is 0 Å². The van der Waals surface area contributed by atoms with Gasteiger partial charge in [-0.2, -0.15) is 0 Å². The Balaban J connectivity index is 2.01. The van der Waals surface area contributed by atoms with Gasteiger partial charge in [0.2, 0.25) is 0 Å². The van der Waals surface area contributed by atoms with Crippen LogP contribution in [0.4, 0.5) is 13.2 Å². The molecule has 0 aliphatic rings. The zero-order chi connectivity index (χ0) is 19.8. The number of aromatic nitrogens is 4. The molecule has 0 unspecified atom stereocenters. The van der Waals surface area contributed by atoms with Crippen LogP contribution in [0.15, 0.2) is 49.1 Å². The first-order chi connectivity index (χ1) is 12.6. The van der Waals surface area contributed by atoms with E-state index in [1.54, 1.807) is 12.4 Å². The molecule has 0 amide bonds. The van der Waals surface area contributed by atoms with Crippen LogP contribution in [0.2, 0.25) is 14.8 Å². The van der Waals surface area contributed by atoms with Gasteiger partial charge < -0.3 is 0 Å². The second-order valence-corrected chi connectivity index (χ2v) is 22.0. The molecule has 0 saturated heterocycles. The minimum atomic E-state index is -3.09. The summed E-state index contributed by atoms with van der Waals surface area (Å²) in [6.07, 6.45) is 6.44. The number of nitrogens with zero attached hydrogens (tertiary/aromatic N) is 4. The second-order valence-electron chi connectivity index (χ2n) is 7.66. The molecule has 0 fully saturated rings. The molecule has 0 radical (unpaired) electrons. The van der Waals surface area contributed by atoms with Crippen LogP contribution in [0, 0.1) is 5.82 Å². The summed E-state index contributed by atoms with van der Waals surface area (Å²) in [6.45, 7) is 0.830. The van der Waals surface area contributed by atoms with Crippen LogP contribution in [0.3, 0.4) is 0 Å². The van der Waals surface area contributed by atoms with Crippen molar-refractivity contribution in [1.82, 2.24) is 19.7 Å². The molecule has 0 spiro atoms. The van der Waals surface area contributed by atoms with E-state index in [9.17, 15) is 13.2 Å². The third-order valence-electron chi connectivity index (χ3n) is 4.23. The minimum absolute atomic E-state index is 0.282. The Morgan fingerprint density at radius 1 is 1.04 bits per heavy atom. The second kappa shape index (κ2) is 7.25. The maximum atomic E-state index is 14.3. The zero-order valence-corrected chi connectivity index (χ0v) is 18.5. The molecule has 27 heavy (non-hydrogen) atoms. The third kappa shape index (κ3) is 4.51. The van der Waals surface area contributed by atoms with Crippen molar-refractivity contribution in [2.24, 2.45) is 0 Å². The predicted molar refractivity (Wildman–Crippen MR) is 101 cm³/mol. The van der Waals surface area contributed by atoms with Crippen molar-refractivity contribution in [2.75, 3.05) is 0 Å². The van der Waals surface area contributed by atoms with Crippen LogP contribution in [0.5, 0.6) is 0 Å². The van der Waals surface area contributed by atoms with E-state index < -0.39 is 36.2 Å². The Bertz CT molecular complexity index is 927. The summed E-state index contributed by atoms with van der Waals surface area (Å²) >= 11 is -2.41. The van der Waals surface area contributed by atoms with Gasteiger partial charge >= 0.3 is 160 Å². The molecule has 0 aliphatic heterocycles. The number of alkyl halides is 2. The summed E-state index contributed by atoms with van der Waals surface area (Å²) < 4.78 is 44.0. The van der Waals surface area contributed by atoms with E-state index in [1.165, 1.54) is 41.3 Å². The zero-order valence-electron chi connectivity index (χ0n) is 15.6. The fourth-order valence-corrected chi connectivity index (χ4v) is 5.42. The molecule has 0 saturated carbocycles. The number of hydrogen-bond donors (Lipinski definition) is 0.